The zero-order valence-electron chi connectivity index (χ0n) is 8.26. The van der Waals surface area contributed by atoms with Gasteiger partial charge in [0.2, 0.25) is 0 Å². The molecule has 0 aliphatic carbocycles. The zero-order chi connectivity index (χ0) is 9.61. The molecule has 3 heteroatoms. The van der Waals surface area contributed by atoms with Crippen LogP contribution in [0.4, 0.5) is 0 Å². The summed E-state index contributed by atoms with van der Waals surface area (Å²) in [6, 6.07) is 0. The molecule has 0 heterocycles. The smallest absolute Gasteiger partial charge is 0.0102 e. The van der Waals surface area contributed by atoms with Crippen molar-refractivity contribution >= 4 is 11.1 Å². The first-order valence-corrected chi connectivity index (χ1v) is 5.72. The van der Waals surface area contributed by atoms with Crippen LogP contribution in [0.25, 0.3) is 0 Å². The average Bonchev–Trinajstić information content (AvgIpc) is 1.83. The van der Waals surface area contributed by atoms with E-state index >= 15 is 0 Å². The Balaban J connectivity index is 3.17. The van der Waals surface area contributed by atoms with Crippen LogP contribution in [-0.4, -0.2) is 14.5 Å². The molecule has 0 fully saturated rings. The van der Waals surface area contributed by atoms with Crippen LogP contribution >= 0.6 is 0 Å². The molecular formula is C9H19O2S-. The van der Waals surface area contributed by atoms with Crippen molar-refractivity contribution in [3.05, 3.63) is 0 Å². The van der Waals surface area contributed by atoms with Gasteiger partial charge in [-0.15, -0.1) is 0 Å². The lowest BCUT2D eigenvalue weighted by molar-refractivity contribution is 0.359. The second kappa shape index (κ2) is 5.70. The molecule has 0 saturated heterocycles. The van der Waals surface area contributed by atoms with Crippen LogP contribution in [0.1, 0.15) is 46.5 Å². The Hall–Kier alpha value is 0.110. The highest BCUT2D eigenvalue weighted by atomic mass is 32.2. The highest BCUT2D eigenvalue weighted by Gasteiger charge is 2.08. The van der Waals surface area contributed by atoms with Gasteiger partial charge in [-0.3, -0.25) is 4.21 Å². The summed E-state index contributed by atoms with van der Waals surface area (Å²) in [5.41, 5.74) is 0.386. The molecule has 0 aromatic rings. The summed E-state index contributed by atoms with van der Waals surface area (Å²) in [4.78, 5) is 0. The maximum Gasteiger partial charge on any atom is 0.0102 e. The van der Waals surface area contributed by atoms with Gasteiger partial charge in [-0.2, -0.15) is 0 Å². The fraction of sp³-hybridized carbons (Fsp3) is 1.00. The molecular weight excluding hydrogens is 172 g/mol. The molecule has 2 nitrogen and oxygen atoms in total. The fourth-order valence-corrected chi connectivity index (χ4v) is 1.49. The van der Waals surface area contributed by atoms with E-state index in [1.807, 2.05) is 0 Å². The molecule has 1 atom stereocenters. The van der Waals surface area contributed by atoms with Crippen molar-refractivity contribution in [2.45, 2.75) is 46.5 Å². The molecule has 0 aliphatic heterocycles. The minimum absolute atomic E-state index is 0.324. The summed E-state index contributed by atoms with van der Waals surface area (Å²) >= 11 is -1.84. The number of hydrogen-bond acceptors (Lipinski definition) is 2. The zero-order valence-corrected chi connectivity index (χ0v) is 9.08. The van der Waals surface area contributed by atoms with E-state index in [1.54, 1.807) is 0 Å². The molecule has 0 aromatic heterocycles. The summed E-state index contributed by atoms with van der Waals surface area (Å²) in [6.07, 6.45) is 4.16. The second-order valence-electron chi connectivity index (χ2n) is 4.38. The first kappa shape index (κ1) is 12.1. The summed E-state index contributed by atoms with van der Waals surface area (Å²) in [7, 11) is 0. The van der Waals surface area contributed by atoms with Gasteiger partial charge in [0.25, 0.3) is 0 Å². The number of hydrogen-bond donors (Lipinski definition) is 0. The standard InChI is InChI=1S/C9H20O2S/c1-9(2,3)7-5-4-6-8-12(10)11/h4-8H2,1-3H3,(H,10,11)/p-1. The third-order valence-electron chi connectivity index (χ3n) is 1.74. The SMILES string of the molecule is CC(C)(C)CCCCCS(=O)[O-]. The van der Waals surface area contributed by atoms with Crippen LogP contribution < -0.4 is 0 Å². The van der Waals surface area contributed by atoms with E-state index in [0.29, 0.717) is 11.2 Å². The maximum atomic E-state index is 10.2. The summed E-state index contributed by atoms with van der Waals surface area (Å²) in [5, 5.41) is 0. The van der Waals surface area contributed by atoms with Gasteiger partial charge in [0, 0.05) is 5.75 Å². The van der Waals surface area contributed by atoms with Crippen molar-refractivity contribution in [3.63, 3.8) is 0 Å². The third-order valence-corrected chi connectivity index (χ3v) is 2.36. The van der Waals surface area contributed by atoms with Crippen LogP contribution in [0.15, 0.2) is 0 Å². The lowest BCUT2D eigenvalue weighted by Crippen LogP contribution is -2.04. The molecule has 0 aromatic carbocycles. The maximum absolute atomic E-state index is 10.2. The Morgan fingerprint density at radius 1 is 1.17 bits per heavy atom. The second-order valence-corrected chi connectivity index (χ2v) is 5.39. The lowest BCUT2D eigenvalue weighted by Gasteiger charge is -2.17. The van der Waals surface area contributed by atoms with Gasteiger partial charge < -0.3 is 4.55 Å². The Kier molecular flexibility index (Phi) is 5.76. The Labute approximate surface area is 78.0 Å². The van der Waals surface area contributed by atoms with E-state index in [0.717, 1.165) is 19.3 Å². The molecule has 0 bridgehead atoms. The molecule has 0 radical (unpaired) electrons. The van der Waals surface area contributed by atoms with Crippen molar-refractivity contribution in [1.29, 1.82) is 0 Å². The van der Waals surface area contributed by atoms with Crippen molar-refractivity contribution in [3.8, 4) is 0 Å². The first-order chi connectivity index (χ1) is 5.42. The van der Waals surface area contributed by atoms with E-state index in [9.17, 15) is 8.76 Å². The number of rotatable bonds is 5. The summed E-state index contributed by atoms with van der Waals surface area (Å²) in [6.45, 7) is 6.62. The number of unbranched alkanes of at least 4 members (excludes halogenated alkanes) is 2. The largest absolute Gasteiger partial charge is 0.772 e. The predicted octanol–water partition coefficient (Wildman–Crippen LogP) is 2.47. The topological polar surface area (TPSA) is 40.1 Å². The molecule has 0 spiro atoms. The van der Waals surface area contributed by atoms with Gasteiger partial charge in [0.15, 0.2) is 0 Å². The highest BCUT2D eigenvalue weighted by molar-refractivity contribution is 7.79. The Bertz CT molecular complexity index is 138. The van der Waals surface area contributed by atoms with E-state index in [-0.39, 0.29) is 0 Å². The highest BCUT2D eigenvalue weighted by Crippen LogP contribution is 2.21. The molecule has 0 N–H and O–H groups in total. The monoisotopic (exact) mass is 191 g/mol. The van der Waals surface area contributed by atoms with E-state index < -0.39 is 11.1 Å². The van der Waals surface area contributed by atoms with E-state index in [1.165, 1.54) is 6.42 Å². The van der Waals surface area contributed by atoms with Crippen molar-refractivity contribution in [2.24, 2.45) is 5.41 Å². The molecule has 0 rings (SSSR count). The molecule has 0 saturated carbocycles. The van der Waals surface area contributed by atoms with E-state index in [4.69, 9.17) is 0 Å². The van der Waals surface area contributed by atoms with Gasteiger partial charge in [0.1, 0.15) is 0 Å². The van der Waals surface area contributed by atoms with Crippen molar-refractivity contribution in [2.75, 3.05) is 5.75 Å². The van der Waals surface area contributed by atoms with Gasteiger partial charge in [-0.05, 0) is 18.3 Å². The predicted molar refractivity (Wildman–Crippen MR) is 51.7 cm³/mol. The first-order valence-electron chi connectivity index (χ1n) is 4.48. The minimum Gasteiger partial charge on any atom is -0.772 e. The normalized spacial score (nSPS) is 14.7. The molecule has 74 valence electrons. The summed E-state index contributed by atoms with van der Waals surface area (Å²) < 4.78 is 20.3. The Morgan fingerprint density at radius 3 is 2.17 bits per heavy atom. The van der Waals surface area contributed by atoms with Gasteiger partial charge in [-0.1, -0.05) is 44.7 Å². The van der Waals surface area contributed by atoms with Crippen LogP contribution in [0.5, 0.6) is 0 Å². The molecule has 0 amide bonds. The van der Waals surface area contributed by atoms with Crippen LogP contribution in [0.3, 0.4) is 0 Å². The van der Waals surface area contributed by atoms with Gasteiger partial charge >= 0.3 is 0 Å². The average molecular weight is 191 g/mol. The van der Waals surface area contributed by atoms with Crippen molar-refractivity contribution in [1.82, 2.24) is 0 Å². The van der Waals surface area contributed by atoms with Crippen LogP contribution in [0, 0.1) is 5.41 Å². The fourth-order valence-electron chi connectivity index (χ4n) is 1.05. The molecule has 0 aliphatic rings. The van der Waals surface area contributed by atoms with Gasteiger partial charge in [-0.25, -0.2) is 0 Å². The van der Waals surface area contributed by atoms with Crippen molar-refractivity contribution < 1.29 is 8.76 Å². The molecule has 1 unspecified atom stereocenters. The quantitative estimate of drug-likeness (QED) is 0.494. The van der Waals surface area contributed by atoms with Crippen LogP contribution in [-0.2, 0) is 11.1 Å². The summed E-state index contributed by atoms with van der Waals surface area (Å²) in [5.74, 6) is 0.324. The van der Waals surface area contributed by atoms with Gasteiger partial charge in [0.05, 0.1) is 0 Å². The lowest BCUT2D eigenvalue weighted by atomic mass is 9.90. The molecule has 12 heavy (non-hydrogen) atoms. The third kappa shape index (κ3) is 10.1. The van der Waals surface area contributed by atoms with E-state index in [2.05, 4.69) is 20.8 Å². The van der Waals surface area contributed by atoms with Crippen LogP contribution in [0.2, 0.25) is 0 Å². The minimum atomic E-state index is -1.84. The Morgan fingerprint density at radius 2 is 1.75 bits per heavy atom.